The second kappa shape index (κ2) is 9.99. The van der Waals surface area contributed by atoms with E-state index in [1.54, 1.807) is 0 Å². The molecule has 3 heterocycles. The van der Waals surface area contributed by atoms with Gasteiger partial charge in [-0.15, -0.1) is 0 Å². The largest absolute Gasteiger partial charge is 0.454 e. The molecule has 0 bridgehead atoms. The summed E-state index contributed by atoms with van der Waals surface area (Å²) < 4.78 is 8.88. The van der Waals surface area contributed by atoms with Crippen LogP contribution < -0.4 is 5.32 Å². The van der Waals surface area contributed by atoms with Crippen LogP contribution in [0.1, 0.15) is 24.0 Å². The van der Waals surface area contributed by atoms with E-state index in [0.717, 1.165) is 74.2 Å². The number of aliphatic imine (C=N–C) groups is 1. The maximum Gasteiger partial charge on any atom is 0.159 e. The summed E-state index contributed by atoms with van der Waals surface area (Å²) in [6.45, 7) is 0. The molecule has 0 saturated carbocycles. The standard InChI is InChI=1S/C40H29N3O/c1-3-12-26(13-4-1)33-25-34(42-40(41-33)27-14-5-2-6-15-27)28-22-23-30-29-16-7-9-19-35(29)43(37(30)24-28)36-20-11-18-32-31-17-8-10-21-38(31)44-39(32)36/h1-3,5-12,14-25,33H,4,13H2,(H,41,42). The highest BCUT2D eigenvalue weighted by molar-refractivity contribution is 6.13. The highest BCUT2D eigenvalue weighted by Gasteiger charge is 2.23. The molecule has 7 aromatic rings. The van der Waals surface area contributed by atoms with Gasteiger partial charge in [-0.05, 0) is 48.8 Å². The monoisotopic (exact) mass is 567 g/mol. The average Bonchev–Trinajstić information content (AvgIpc) is 3.64. The minimum atomic E-state index is 0.0773. The number of benzene rings is 5. The van der Waals surface area contributed by atoms with Gasteiger partial charge >= 0.3 is 0 Å². The second-order valence-electron chi connectivity index (χ2n) is 11.5. The minimum Gasteiger partial charge on any atom is -0.454 e. The van der Waals surface area contributed by atoms with Gasteiger partial charge in [0.05, 0.1) is 28.5 Å². The normalized spacial score (nSPS) is 16.7. The van der Waals surface area contributed by atoms with Crippen LogP contribution in [-0.4, -0.2) is 16.4 Å². The van der Waals surface area contributed by atoms with Crippen LogP contribution in [0.3, 0.4) is 0 Å². The summed E-state index contributed by atoms with van der Waals surface area (Å²) in [5, 5.41) is 8.39. The first-order valence-electron chi connectivity index (χ1n) is 15.2. The average molecular weight is 568 g/mol. The van der Waals surface area contributed by atoms with Crippen LogP contribution in [0.4, 0.5) is 0 Å². The Kier molecular flexibility index (Phi) is 5.66. The Labute approximate surface area is 254 Å². The fourth-order valence-corrected chi connectivity index (χ4v) is 6.82. The molecule has 44 heavy (non-hydrogen) atoms. The van der Waals surface area contributed by atoms with Gasteiger partial charge in [0.2, 0.25) is 0 Å². The van der Waals surface area contributed by atoms with Gasteiger partial charge in [-0.1, -0.05) is 109 Å². The maximum absolute atomic E-state index is 6.52. The summed E-state index contributed by atoms with van der Waals surface area (Å²) >= 11 is 0. The van der Waals surface area contributed by atoms with Crippen LogP contribution in [0, 0.1) is 0 Å². The van der Waals surface area contributed by atoms with Crippen molar-refractivity contribution in [2.45, 2.75) is 18.9 Å². The molecule has 4 heteroatoms. The molecule has 1 aliphatic heterocycles. The lowest BCUT2D eigenvalue weighted by Gasteiger charge is -2.27. The van der Waals surface area contributed by atoms with Crippen molar-refractivity contribution in [3.63, 3.8) is 0 Å². The van der Waals surface area contributed by atoms with Gasteiger partial charge in [-0.3, -0.25) is 0 Å². The van der Waals surface area contributed by atoms with E-state index >= 15 is 0 Å². The first-order valence-corrected chi connectivity index (χ1v) is 15.2. The SMILES string of the molecule is C1=CCCC(C2C=C(c3ccc4c5ccccc5n(-c5cccc6c5oc5ccccc56)c4c3)N=C(c3ccccc3)N2)=C1. The van der Waals surface area contributed by atoms with Gasteiger partial charge in [-0.25, -0.2) is 4.99 Å². The molecule has 1 unspecified atom stereocenters. The first kappa shape index (κ1) is 24.9. The highest BCUT2D eigenvalue weighted by atomic mass is 16.3. The number of rotatable bonds is 4. The smallest absolute Gasteiger partial charge is 0.159 e. The number of aromatic nitrogens is 1. The summed E-state index contributed by atoms with van der Waals surface area (Å²) in [5.41, 5.74) is 9.63. The summed E-state index contributed by atoms with van der Waals surface area (Å²) in [4.78, 5) is 5.20. The third kappa shape index (κ3) is 3.95. The first-order chi connectivity index (χ1) is 21.8. The summed E-state index contributed by atoms with van der Waals surface area (Å²) in [5.74, 6) is 0.899. The van der Waals surface area contributed by atoms with Crippen molar-refractivity contribution in [2.24, 2.45) is 4.99 Å². The summed E-state index contributed by atoms with van der Waals surface area (Å²) in [6.07, 6.45) is 11.0. The molecule has 9 rings (SSSR count). The summed E-state index contributed by atoms with van der Waals surface area (Å²) in [6, 6.07) is 40.6. The Hall–Kier alpha value is -5.61. The molecular weight excluding hydrogens is 538 g/mol. The van der Waals surface area contributed by atoms with Crippen molar-refractivity contribution in [2.75, 3.05) is 0 Å². The second-order valence-corrected chi connectivity index (χ2v) is 11.5. The summed E-state index contributed by atoms with van der Waals surface area (Å²) in [7, 11) is 0. The van der Waals surface area contributed by atoms with Crippen molar-refractivity contribution in [1.82, 2.24) is 9.88 Å². The number of nitrogens with one attached hydrogen (secondary N) is 1. The van der Waals surface area contributed by atoms with E-state index in [-0.39, 0.29) is 6.04 Å². The number of allylic oxidation sites excluding steroid dienone is 3. The lowest BCUT2D eigenvalue weighted by molar-refractivity contribution is 0.666. The Balaban J connectivity index is 1.28. The van der Waals surface area contributed by atoms with Crippen LogP contribution in [-0.2, 0) is 0 Å². The number of para-hydroxylation sites is 3. The Bertz CT molecular complexity index is 2360. The molecule has 210 valence electrons. The van der Waals surface area contributed by atoms with Gasteiger partial charge in [0, 0.05) is 32.7 Å². The predicted molar refractivity (Wildman–Crippen MR) is 182 cm³/mol. The highest BCUT2D eigenvalue weighted by Crippen LogP contribution is 2.39. The predicted octanol–water partition coefficient (Wildman–Crippen LogP) is 9.72. The number of hydrogen-bond donors (Lipinski definition) is 1. The quantitative estimate of drug-likeness (QED) is 0.230. The third-order valence-corrected chi connectivity index (χ3v) is 8.94. The molecule has 0 fully saturated rings. The number of hydrogen-bond acceptors (Lipinski definition) is 3. The van der Waals surface area contributed by atoms with Crippen LogP contribution in [0.25, 0.3) is 55.1 Å². The Morgan fingerprint density at radius 2 is 1.50 bits per heavy atom. The van der Waals surface area contributed by atoms with Gasteiger partial charge < -0.3 is 14.3 Å². The fraction of sp³-hybridized carbons (Fsp3) is 0.0750. The fourth-order valence-electron chi connectivity index (χ4n) is 6.82. The van der Waals surface area contributed by atoms with E-state index in [1.165, 1.54) is 16.3 Å². The van der Waals surface area contributed by atoms with Gasteiger partial charge in [0.15, 0.2) is 5.58 Å². The lowest BCUT2D eigenvalue weighted by Crippen LogP contribution is -2.38. The van der Waals surface area contributed by atoms with E-state index in [9.17, 15) is 0 Å². The molecule has 0 amide bonds. The Morgan fingerprint density at radius 1 is 0.705 bits per heavy atom. The van der Waals surface area contributed by atoms with Crippen molar-refractivity contribution in [1.29, 1.82) is 0 Å². The number of fused-ring (bicyclic) bond motifs is 6. The van der Waals surface area contributed by atoms with E-state index in [2.05, 4.69) is 131 Å². The van der Waals surface area contributed by atoms with E-state index in [0.29, 0.717) is 0 Å². The maximum atomic E-state index is 6.52. The zero-order valence-corrected chi connectivity index (χ0v) is 24.1. The van der Waals surface area contributed by atoms with Crippen LogP contribution >= 0.6 is 0 Å². The number of nitrogens with zero attached hydrogens (tertiary/aromatic N) is 2. The molecular formula is C40H29N3O. The molecule has 1 aliphatic carbocycles. The molecule has 4 nitrogen and oxygen atoms in total. The van der Waals surface area contributed by atoms with Crippen LogP contribution in [0.15, 0.2) is 155 Å². The van der Waals surface area contributed by atoms with Crippen LogP contribution in [0.5, 0.6) is 0 Å². The molecule has 1 N–H and O–H groups in total. The van der Waals surface area contributed by atoms with Crippen LogP contribution in [0.2, 0.25) is 0 Å². The lowest BCUT2D eigenvalue weighted by atomic mass is 9.94. The molecule has 0 spiro atoms. The topological polar surface area (TPSA) is 42.5 Å². The van der Waals surface area contributed by atoms with Crippen molar-refractivity contribution >= 4 is 55.3 Å². The zero-order valence-electron chi connectivity index (χ0n) is 24.1. The third-order valence-electron chi connectivity index (χ3n) is 8.94. The number of amidine groups is 1. The van der Waals surface area contributed by atoms with Crippen molar-refractivity contribution in [3.8, 4) is 5.69 Å². The number of furan rings is 1. The zero-order chi connectivity index (χ0) is 29.0. The van der Waals surface area contributed by atoms with E-state index in [1.807, 2.05) is 18.2 Å². The van der Waals surface area contributed by atoms with E-state index < -0.39 is 0 Å². The minimum absolute atomic E-state index is 0.0773. The molecule has 0 radical (unpaired) electrons. The molecule has 1 atom stereocenters. The van der Waals surface area contributed by atoms with Gasteiger partial charge in [0.1, 0.15) is 11.4 Å². The van der Waals surface area contributed by atoms with Crippen molar-refractivity contribution < 1.29 is 4.42 Å². The Morgan fingerprint density at radius 3 is 2.39 bits per heavy atom. The van der Waals surface area contributed by atoms with Crippen molar-refractivity contribution in [3.05, 3.63) is 156 Å². The molecule has 0 saturated heterocycles. The van der Waals surface area contributed by atoms with Gasteiger partial charge in [-0.2, -0.15) is 0 Å². The van der Waals surface area contributed by atoms with Gasteiger partial charge in [0.25, 0.3) is 0 Å². The molecule has 2 aromatic heterocycles. The molecule has 5 aromatic carbocycles. The van der Waals surface area contributed by atoms with E-state index in [4.69, 9.17) is 9.41 Å². The molecule has 2 aliphatic rings.